The van der Waals surface area contributed by atoms with Crippen LogP contribution in [0.25, 0.3) is 6.08 Å². The van der Waals surface area contributed by atoms with Crippen LogP contribution in [0.5, 0.6) is 0 Å². The van der Waals surface area contributed by atoms with E-state index in [2.05, 4.69) is 10.3 Å². The lowest BCUT2D eigenvalue weighted by Gasteiger charge is -2.02. The smallest absolute Gasteiger partial charge is 0.341 e. The number of hydrogen-bond acceptors (Lipinski definition) is 6. The van der Waals surface area contributed by atoms with Crippen molar-refractivity contribution in [2.45, 2.75) is 20.8 Å². The van der Waals surface area contributed by atoms with Crippen LogP contribution in [0.4, 0.5) is 5.69 Å². The van der Waals surface area contributed by atoms with Gasteiger partial charge in [0.1, 0.15) is 17.1 Å². The molecular formula is C19H18N2O4S. The third-order valence-electron chi connectivity index (χ3n) is 3.85. The number of rotatable bonds is 3. The molecule has 0 aliphatic carbocycles. The first kappa shape index (κ1) is 18.0. The van der Waals surface area contributed by atoms with E-state index in [1.807, 2.05) is 32.0 Å². The summed E-state index contributed by atoms with van der Waals surface area (Å²) in [4.78, 5) is 28.8. The molecule has 2 aromatic rings. The molecule has 1 saturated heterocycles. The van der Waals surface area contributed by atoms with Crippen molar-refractivity contribution in [1.82, 2.24) is 5.32 Å². The number of esters is 1. The van der Waals surface area contributed by atoms with Crippen molar-refractivity contribution in [3.8, 4) is 0 Å². The van der Waals surface area contributed by atoms with E-state index in [1.54, 1.807) is 19.1 Å². The Balaban J connectivity index is 1.86. The molecule has 1 aliphatic heterocycles. The minimum atomic E-state index is -0.475. The number of furan rings is 1. The molecule has 1 amide bonds. The summed E-state index contributed by atoms with van der Waals surface area (Å²) >= 11 is 1.23. The molecule has 0 bridgehead atoms. The Labute approximate surface area is 155 Å². The average molecular weight is 370 g/mol. The first-order valence-corrected chi connectivity index (χ1v) is 8.74. The molecule has 1 N–H and O–H groups in total. The van der Waals surface area contributed by atoms with Gasteiger partial charge in [-0.15, -0.1) is 0 Å². The summed E-state index contributed by atoms with van der Waals surface area (Å²) in [6, 6.07) is 7.53. The number of methoxy groups -OCH3 is 1. The maximum absolute atomic E-state index is 12.2. The number of thioether (sulfide) groups is 1. The summed E-state index contributed by atoms with van der Waals surface area (Å²) in [6.45, 7) is 5.63. The lowest BCUT2D eigenvalue weighted by Crippen LogP contribution is -2.19. The van der Waals surface area contributed by atoms with Crippen LogP contribution in [-0.2, 0) is 9.53 Å². The van der Waals surface area contributed by atoms with Gasteiger partial charge in [-0.3, -0.25) is 4.79 Å². The van der Waals surface area contributed by atoms with Crippen molar-refractivity contribution in [2.75, 3.05) is 7.11 Å². The molecule has 1 aromatic heterocycles. The maximum atomic E-state index is 12.2. The van der Waals surface area contributed by atoms with Crippen molar-refractivity contribution >= 4 is 40.6 Å². The highest BCUT2D eigenvalue weighted by Gasteiger charge is 2.25. The number of nitrogens with zero attached hydrogens (tertiary/aromatic N) is 1. The summed E-state index contributed by atoms with van der Waals surface area (Å²) in [5, 5.41) is 3.25. The Kier molecular flexibility index (Phi) is 4.99. The SMILES string of the molecule is COC(=O)c1cc(C=C2SC(=Nc3cc(C)ccc3C)NC2=O)oc1C. The first-order chi connectivity index (χ1) is 12.4. The normalized spacial score (nSPS) is 17.0. The van der Waals surface area contributed by atoms with Gasteiger partial charge in [0.15, 0.2) is 5.17 Å². The molecule has 2 heterocycles. The van der Waals surface area contributed by atoms with E-state index in [0.29, 0.717) is 27.2 Å². The molecule has 7 heteroatoms. The molecular weight excluding hydrogens is 352 g/mol. The zero-order valence-corrected chi connectivity index (χ0v) is 15.7. The van der Waals surface area contributed by atoms with Gasteiger partial charge < -0.3 is 14.5 Å². The van der Waals surface area contributed by atoms with Crippen molar-refractivity contribution in [3.63, 3.8) is 0 Å². The summed E-state index contributed by atoms with van der Waals surface area (Å²) < 4.78 is 10.2. The predicted molar refractivity (Wildman–Crippen MR) is 102 cm³/mol. The number of carbonyl (C=O) groups is 2. The molecule has 6 nitrogen and oxygen atoms in total. The van der Waals surface area contributed by atoms with E-state index < -0.39 is 5.97 Å². The van der Waals surface area contributed by atoms with Gasteiger partial charge in [-0.2, -0.15) is 0 Å². The van der Waals surface area contributed by atoms with Gasteiger partial charge in [-0.05, 0) is 55.8 Å². The number of nitrogens with one attached hydrogen (secondary N) is 1. The monoisotopic (exact) mass is 370 g/mol. The van der Waals surface area contributed by atoms with Crippen LogP contribution in [0.1, 0.15) is 33.0 Å². The molecule has 1 aliphatic rings. The third-order valence-corrected chi connectivity index (χ3v) is 4.76. The molecule has 0 radical (unpaired) electrons. The van der Waals surface area contributed by atoms with E-state index in [4.69, 9.17) is 9.15 Å². The Hall–Kier alpha value is -2.80. The van der Waals surface area contributed by atoms with Crippen LogP contribution in [0.3, 0.4) is 0 Å². The van der Waals surface area contributed by atoms with Crippen molar-refractivity contribution in [2.24, 2.45) is 4.99 Å². The lowest BCUT2D eigenvalue weighted by atomic mass is 10.1. The minimum absolute atomic E-state index is 0.257. The molecule has 134 valence electrons. The lowest BCUT2D eigenvalue weighted by molar-refractivity contribution is -0.115. The number of benzene rings is 1. The third kappa shape index (κ3) is 3.72. The Morgan fingerprint density at radius 3 is 2.77 bits per heavy atom. The van der Waals surface area contributed by atoms with E-state index in [9.17, 15) is 9.59 Å². The fourth-order valence-corrected chi connectivity index (χ4v) is 3.26. The summed E-state index contributed by atoms with van der Waals surface area (Å²) in [6.07, 6.45) is 1.59. The van der Waals surface area contributed by atoms with Gasteiger partial charge in [-0.1, -0.05) is 12.1 Å². The van der Waals surface area contributed by atoms with Crippen LogP contribution in [-0.4, -0.2) is 24.2 Å². The topological polar surface area (TPSA) is 80.9 Å². The summed E-state index contributed by atoms with van der Waals surface area (Å²) in [5.74, 6) is 0.120. The molecule has 1 fully saturated rings. The Morgan fingerprint density at radius 2 is 2.04 bits per heavy atom. The molecule has 0 saturated carbocycles. The fraction of sp³-hybridized carbons (Fsp3) is 0.211. The van der Waals surface area contributed by atoms with Crippen LogP contribution in [0.15, 0.2) is 38.6 Å². The molecule has 0 unspecified atom stereocenters. The van der Waals surface area contributed by atoms with Gasteiger partial charge in [0, 0.05) is 6.08 Å². The van der Waals surface area contributed by atoms with Gasteiger partial charge in [-0.25, -0.2) is 9.79 Å². The zero-order chi connectivity index (χ0) is 18.8. The second-order valence-corrected chi connectivity index (χ2v) is 6.91. The highest BCUT2D eigenvalue weighted by Crippen LogP contribution is 2.30. The average Bonchev–Trinajstić information content (AvgIpc) is 3.13. The highest BCUT2D eigenvalue weighted by atomic mass is 32.2. The minimum Gasteiger partial charge on any atom is -0.465 e. The van der Waals surface area contributed by atoms with E-state index in [0.717, 1.165) is 16.8 Å². The quantitative estimate of drug-likeness (QED) is 0.655. The summed E-state index contributed by atoms with van der Waals surface area (Å²) in [7, 11) is 1.31. The maximum Gasteiger partial charge on any atom is 0.341 e. The fourth-order valence-electron chi connectivity index (χ4n) is 2.45. The number of carbonyl (C=O) groups excluding carboxylic acids is 2. The van der Waals surface area contributed by atoms with Crippen LogP contribution >= 0.6 is 11.8 Å². The highest BCUT2D eigenvalue weighted by molar-refractivity contribution is 8.18. The van der Waals surface area contributed by atoms with Gasteiger partial charge >= 0.3 is 5.97 Å². The number of ether oxygens (including phenoxy) is 1. The molecule has 1 aromatic carbocycles. The van der Waals surface area contributed by atoms with E-state index in [1.165, 1.54) is 18.9 Å². The first-order valence-electron chi connectivity index (χ1n) is 7.93. The molecule has 3 rings (SSSR count). The number of amidine groups is 1. The van der Waals surface area contributed by atoms with Crippen molar-refractivity contribution in [3.05, 3.63) is 57.4 Å². The summed E-state index contributed by atoms with van der Waals surface area (Å²) in [5.41, 5.74) is 3.28. The van der Waals surface area contributed by atoms with Gasteiger partial charge in [0.05, 0.1) is 17.7 Å². The standard InChI is InChI=1S/C19H18N2O4S/c1-10-5-6-11(2)15(7-10)20-19-21-17(22)16(26-19)9-13-8-14(12(3)25-13)18(23)24-4/h5-9H,1-4H3,(H,20,21,22). The van der Waals surface area contributed by atoms with E-state index in [-0.39, 0.29) is 5.91 Å². The largest absolute Gasteiger partial charge is 0.465 e. The molecule has 26 heavy (non-hydrogen) atoms. The zero-order valence-electron chi connectivity index (χ0n) is 14.9. The Morgan fingerprint density at radius 1 is 1.27 bits per heavy atom. The van der Waals surface area contributed by atoms with Gasteiger partial charge in [0.2, 0.25) is 0 Å². The number of aliphatic imine (C=N–C) groups is 1. The van der Waals surface area contributed by atoms with Crippen LogP contribution in [0.2, 0.25) is 0 Å². The van der Waals surface area contributed by atoms with Crippen LogP contribution in [0, 0.1) is 20.8 Å². The Bertz CT molecular complexity index is 956. The molecule has 0 atom stereocenters. The van der Waals surface area contributed by atoms with E-state index >= 15 is 0 Å². The second-order valence-electron chi connectivity index (χ2n) is 5.88. The van der Waals surface area contributed by atoms with Crippen LogP contribution < -0.4 is 5.32 Å². The van der Waals surface area contributed by atoms with Crippen molar-refractivity contribution < 1.29 is 18.7 Å². The number of hydrogen-bond donors (Lipinski definition) is 1. The predicted octanol–water partition coefficient (Wildman–Crippen LogP) is 3.88. The van der Waals surface area contributed by atoms with Gasteiger partial charge in [0.25, 0.3) is 5.91 Å². The molecule has 0 spiro atoms. The number of aryl methyl sites for hydroxylation is 3. The number of amides is 1. The second kappa shape index (κ2) is 7.21. The van der Waals surface area contributed by atoms with Crippen molar-refractivity contribution in [1.29, 1.82) is 0 Å².